The SMILES string of the molecule is COCOc1cccc2/c1=c1/c(OCOC)ccc/c1=c1\cccc(OCCOc3cccc4/c3=c3/c(OCCBr)ccc/c3=c3\cccc(OCOC)\c3=c3/c(OCOC)ccc/c3=4)\c1=c1/c(OCCBr)ccc/c1=2. The summed E-state index contributed by atoms with van der Waals surface area (Å²) in [4.78, 5) is 0. The summed E-state index contributed by atoms with van der Waals surface area (Å²) < 4.78 is 74.3. The second-order valence-corrected chi connectivity index (χ2v) is 19.0. The summed E-state index contributed by atoms with van der Waals surface area (Å²) in [6.45, 7) is 1.41. The van der Waals surface area contributed by atoms with Crippen molar-refractivity contribution in [3.8, 4) is 46.0 Å². The first-order valence-corrected chi connectivity index (χ1v) is 27.0. The third-order valence-corrected chi connectivity index (χ3v) is 13.6. The van der Waals surface area contributed by atoms with Crippen LogP contribution in [-0.2, 0) is 18.9 Å². The highest BCUT2D eigenvalue weighted by Crippen LogP contribution is 2.32. The molecule has 2 aliphatic rings. The standard InChI is InChI=1S/C62H56Br2O12/c1-65-35-73-51-25-9-17-43-39-13-5-21-47(69-31-29-63)55(39)57-41(45-19-11-27-53(75-37-67-3)61(45)59(43)51)15-7-23-49(57)71-33-34-72-50-24-8-16-42-46-20-12-28-54(76-38-68-4)62(46)60-44(18-10-26-52(60)74-36-66-2)40-14-6-22-48(70-32-30-64)56(40)58(42)50/h5-28H,29-38H2,1-4H3/b43-39-,44-40-,45-41-,46-42-,57-55-,58-56-,61-59-,62-60-. The van der Waals surface area contributed by atoms with Crippen molar-refractivity contribution < 1.29 is 56.8 Å². The van der Waals surface area contributed by atoms with Crippen LogP contribution in [-0.4, -0.2) is 92.7 Å². The minimum atomic E-state index is 0.0415. The second kappa shape index (κ2) is 24.7. The Hall–Kier alpha value is -7.04. The number of ether oxygens (including phenoxy) is 12. The summed E-state index contributed by atoms with van der Waals surface area (Å²) in [7, 11) is 6.43. The maximum atomic E-state index is 6.99. The van der Waals surface area contributed by atoms with Gasteiger partial charge in [0.1, 0.15) is 59.2 Å². The molecule has 0 heterocycles. The number of alkyl halides is 2. The lowest BCUT2D eigenvalue weighted by molar-refractivity contribution is 0.0489. The van der Waals surface area contributed by atoms with Crippen LogP contribution in [0.5, 0.6) is 46.0 Å². The Bertz CT molecular complexity index is 3980. The Morgan fingerprint density at radius 2 is 0.408 bits per heavy atom. The Kier molecular flexibility index (Phi) is 17.1. The van der Waals surface area contributed by atoms with Gasteiger partial charge >= 0.3 is 0 Å². The van der Waals surface area contributed by atoms with E-state index < -0.39 is 0 Å². The number of benzene rings is 8. The van der Waals surface area contributed by atoms with E-state index >= 15 is 0 Å². The molecule has 8 aromatic carbocycles. The molecule has 0 unspecified atom stereocenters. The minimum absolute atomic E-state index is 0.0415. The highest BCUT2D eigenvalue weighted by molar-refractivity contribution is 9.09. The van der Waals surface area contributed by atoms with E-state index in [1.54, 1.807) is 28.4 Å². The fourth-order valence-corrected chi connectivity index (χ4v) is 10.5. The van der Waals surface area contributed by atoms with Gasteiger partial charge in [-0.1, -0.05) is 129 Å². The molecule has 0 bridgehead atoms. The van der Waals surface area contributed by atoms with Crippen molar-refractivity contribution in [2.75, 3.05) is 92.7 Å². The van der Waals surface area contributed by atoms with E-state index in [0.29, 0.717) is 69.9 Å². The number of methoxy groups -OCH3 is 4. The molecule has 0 N–H and O–H groups in total. The van der Waals surface area contributed by atoms with Crippen LogP contribution in [0.15, 0.2) is 146 Å². The Labute approximate surface area is 454 Å². The van der Waals surface area contributed by atoms with E-state index in [1.807, 2.05) is 97.1 Å². The lowest BCUT2D eigenvalue weighted by atomic mass is 10.00. The maximum absolute atomic E-state index is 6.99. The topological polar surface area (TPSA) is 111 Å². The Balaban J connectivity index is 1.22. The summed E-state index contributed by atoms with van der Waals surface area (Å²) in [5.74, 6) is 5.19. The highest BCUT2D eigenvalue weighted by atomic mass is 79.9. The molecule has 0 saturated carbocycles. The number of fused-ring (bicyclic) bond motifs is 8. The van der Waals surface area contributed by atoms with Crippen LogP contribution in [0.1, 0.15) is 0 Å². The first-order chi connectivity index (χ1) is 37.5. The van der Waals surface area contributed by atoms with Crippen molar-refractivity contribution in [1.82, 2.24) is 0 Å². The molecule has 10 rings (SSSR count). The fraction of sp³-hybridized carbons (Fsp3) is 0.226. The van der Waals surface area contributed by atoms with Crippen molar-refractivity contribution in [1.29, 1.82) is 0 Å². The minimum Gasteiger partial charge on any atom is -0.492 e. The molecule has 14 heteroatoms. The quantitative estimate of drug-likeness (QED) is 0.0345. The number of halogens is 2. The number of rotatable bonds is 23. The van der Waals surface area contributed by atoms with Crippen molar-refractivity contribution in [2.45, 2.75) is 0 Å². The summed E-state index contributed by atoms with van der Waals surface area (Å²) in [5, 5.41) is 15.3. The van der Waals surface area contributed by atoms with Gasteiger partial charge in [0, 0.05) is 80.8 Å². The van der Waals surface area contributed by atoms with Crippen LogP contribution in [0.25, 0.3) is 0 Å². The van der Waals surface area contributed by atoms with Crippen LogP contribution in [0.3, 0.4) is 0 Å². The largest absolute Gasteiger partial charge is 0.492 e. The number of hydrogen-bond acceptors (Lipinski definition) is 12. The van der Waals surface area contributed by atoms with E-state index in [9.17, 15) is 0 Å². The molecule has 0 amide bonds. The summed E-state index contributed by atoms with van der Waals surface area (Å²) >= 11 is 7.19. The van der Waals surface area contributed by atoms with Crippen molar-refractivity contribution in [2.24, 2.45) is 0 Å². The summed E-state index contributed by atoms with van der Waals surface area (Å²) in [6, 6.07) is 48.6. The molecule has 12 nitrogen and oxygen atoms in total. The van der Waals surface area contributed by atoms with Gasteiger partial charge in [-0.3, -0.25) is 0 Å². The van der Waals surface area contributed by atoms with E-state index in [2.05, 4.69) is 80.4 Å². The van der Waals surface area contributed by atoms with Gasteiger partial charge in [0.15, 0.2) is 27.2 Å². The van der Waals surface area contributed by atoms with E-state index in [0.717, 1.165) is 83.5 Å². The monoisotopic (exact) mass is 1150 g/mol. The van der Waals surface area contributed by atoms with Crippen LogP contribution in [0.2, 0.25) is 0 Å². The fourth-order valence-electron chi connectivity index (χ4n) is 10.2. The molecule has 0 radical (unpaired) electrons. The number of hydrogen-bond donors (Lipinski definition) is 0. The lowest BCUT2D eigenvalue weighted by Crippen LogP contribution is -2.11. The molecule has 0 fully saturated rings. The van der Waals surface area contributed by atoms with Gasteiger partial charge in [-0.05, 0) is 90.3 Å². The van der Waals surface area contributed by atoms with Crippen molar-refractivity contribution >= 4 is 31.9 Å². The average Bonchev–Trinajstić information content (AvgIpc) is 3.64. The molecule has 76 heavy (non-hydrogen) atoms. The summed E-state index contributed by atoms with van der Waals surface area (Å²) in [6.07, 6.45) is 0. The van der Waals surface area contributed by atoms with Gasteiger partial charge < -0.3 is 56.8 Å². The van der Waals surface area contributed by atoms with E-state index in [4.69, 9.17) is 56.8 Å². The third-order valence-electron chi connectivity index (χ3n) is 13.0. The van der Waals surface area contributed by atoms with E-state index in [1.165, 1.54) is 0 Å². The smallest absolute Gasteiger partial charge is 0.188 e. The first kappa shape index (κ1) is 52.4. The molecule has 0 aromatic heterocycles. The molecule has 0 spiro atoms. The second-order valence-electron chi connectivity index (χ2n) is 17.4. The zero-order valence-electron chi connectivity index (χ0n) is 42.6. The molecular weight excluding hydrogens is 1100 g/mol. The van der Waals surface area contributed by atoms with Gasteiger partial charge in [0.05, 0.1) is 13.2 Å². The predicted molar refractivity (Wildman–Crippen MR) is 292 cm³/mol. The zero-order chi connectivity index (χ0) is 52.4. The molecule has 0 saturated heterocycles. The third kappa shape index (κ3) is 10.3. The molecule has 0 atom stereocenters. The Morgan fingerprint density at radius 3 is 0.579 bits per heavy atom. The van der Waals surface area contributed by atoms with Gasteiger partial charge in [0.25, 0.3) is 0 Å². The van der Waals surface area contributed by atoms with Gasteiger partial charge in [0.2, 0.25) is 0 Å². The Morgan fingerprint density at radius 1 is 0.237 bits per heavy atom. The van der Waals surface area contributed by atoms with Gasteiger partial charge in [-0.15, -0.1) is 0 Å². The maximum Gasteiger partial charge on any atom is 0.188 e. The van der Waals surface area contributed by atoms with E-state index in [-0.39, 0.29) is 40.4 Å². The van der Waals surface area contributed by atoms with Crippen LogP contribution >= 0.6 is 31.9 Å². The summed E-state index contributed by atoms with van der Waals surface area (Å²) in [5.41, 5.74) is 0. The van der Waals surface area contributed by atoms with Crippen LogP contribution in [0.4, 0.5) is 0 Å². The molecule has 0 aliphatic heterocycles. The normalized spacial score (nSPS) is 15.3. The van der Waals surface area contributed by atoms with Crippen LogP contribution < -0.4 is 37.9 Å². The van der Waals surface area contributed by atoms with Gasteiger partial charge in [-0.2, -0.15) is 0 Å². The molecule has 2 aliphatic carbocycles. The van der Waals surface area contributed by atoms with Crippen molar-refractivity contribution in [3.05, 3.63) is 229 Å². The highest BCUT2D eigenvalue weighted by Gasteiger charge is 2.16. The van der Waals surface area contributed by atoms with Crippen LogP contribution in [0, 0.1) is 83.5 Å². The first-order valence-electron chi connectivity index (χ1n) is 24.7. The zero-order valence-corrected chi connectivity index (χ0v) is 45.8. The predicted octanol–water partition coefficient (Wildman–Crippen LogP) is 11.5. The average molecular weight is 1150 g/mol. The molecular formula is C62H56Br2O12. The molecule has 390 valence electrons. The lowest BCUT2D eigenvalue weighted by Gasteiger charge is -2.15. The van der Waals surface area contributed by atoms with Crippen molar-refractivity contribution in [3.63, 3.8) is 0 Å². The van der Waals surface area contributed by atoms with Gasteiger partial charge in [-0.25, -0.2) is 0 Å². The molecule has 8 aromatic rings.